The minimum Gasteiger partial charge on any atom is -0.497 e. The number of benzene rings is 1. The number of likely N-dealkylation sites (tertiary alicyclic amines) is 1. The van der Waals surface area contributed by atoms with E-state index in [1.807, 2.05) is 35.2 Å². The van der Waals surface area contributed by atoms with Gasteiger partial charge in [0.1, 0.15) is 5.75 Å². The number of methoxy groups -OCH3 is 1. The molecule has 1 amide bonds. The van der Waals surface area contributed by atoms with Crippen molar-refractivity contribution < 1.29 is 9.53 Å². The van der Waals surface area contributed by atoms with Crippen LogP contribution in [-0.4, -0.2) is 42.0 Å². The molecule has 22 heavy (non-hydrogen) atoms. The number of nitrogens with zero attached hydrogens (tertiary/aromatic N) is 2. The Morgan fingerprint density at radius 2 is 2.27 bits per heavy atom. The zero-order valence-electron chi connectivity index (χ0n) is 12.5. The van der Waals surface area contributed by atoms with Crippen LogP contribution in [0.5, 0.6) is 5.75 Å². The van der Waals surface area contributed by atoms with Crippen molar-refractivity contribution in [3.05, 3.63) is 54.4 Å². The molecule has 2 heterocycles. The molecular formula is C17H19N3O2. The summed E-state index contributed by atoms with van der Waals surface area (Å²) in [6, 6.07) is 11.4. The largest absolute Gasteiger partial charge is 0.497 e. The first kappa shape index (κ1) is 14.4. The van der Waals surface area contributed by atoms with Gasteiger partial charge in [-0.1, -0.05) is 6.07 Å². The van der Waals surface area contributed by atoms with Crippen molar-refractivity contribution >= 4 is 11.6 Å². The Morgan fingerprint density at radius 3 is 3.05 bits per heavy atom. The molecule has 2 aromatic rings. The lowest BCUT2D eigenvalue weighted by Crippen LogP contribution is -2.31. The second kappa shape index (κ2) is 6.47. The summed E-state index contributed by atoms with van der Waals surface area (Å²) < 4.78 is 5.18. The summed E-state index contributed by atoms with van der Waals surface area (Å²) >= 11 is 0. The van der Waals surface area contributed by atoms with Crippen molar-refractivity contribution in [2.45, 2.75) is 12.5 Å². The van der Waals surface area contributed by atoms with Crippen LogP contribution in [0.2, 0.25) is 0 Å². The van der Waals surface area contributed by atoms with Crippen LogP contribution >= 0.6 is 0 Å². The maximum Gasteiger partial charge on any atom is 0.254 e. The summed E-state index contributed by atoms with van der Waals surface area (Å²) in [5.41, 5.74) is 1.66. The molecule has 1 aromatic carbocycles. The molecular weight excluding hydrogens is 278 g/mol. The molecule has 5 nitrogen and oxygen atoms in total. The van der Waals surface area contributed by atoms with Gasteiger partial charge in [-0.2, -0.15) is 0 Å². The first-order valence-electron chi connectivity index (χ1n) is 7.36. The highest BCUT2D eigenvalue weighted by Crippen LogP contribution is 2.19. The van der Waals surface area contributed by atoms with E-state index in [9.17, 15) is 4.79 Å². The Morgan fingerprint density at radius 1 is 1.36 bits per heavy atom. The minimum atomic E-state index is 0.0504. The highest BCUT2D eigenvalue weighted by molar-refractivity contribution is 5.94. The van der Waals surface area contributed by atoms with E-state index in [-0.39, 0.29) is 11.9 Å². The van der Waals surface area contributed by atoms with Gasteiger partial charge in [0.25, 0.3) is 5.91 Å². The highest BCUT2D eigenvalue weighted by Gasteiger charge is 2.27. The van der Waals surface area contributed by atoms with Crippen LogP contribution in [0, 0.1) is 0 Å². The number of rotatable bonds is 4. The van der Waals surface area contributed by atoms with Gasteiger partial charge in [0, 0.05) is 37.1 Å². The number of nitrogens with one attached hydrogen (secondary N) is 1. The average molecular weight is 297 g/mol. The summed E-state index contributed by atoms with van der Waals surface area (Å²) in [6.45, 7) is 1.46. The lowest BCUT2D eigenvalue weighted by atomic mass is 10.2. The molecule has 1 aromatic heterocycles. The van der Waals surface area contributed by atoms with Crippen molar-refractivity contribution in [3.8, 4) is 5.75 Å². The lowest BCUT2D eigenvalue weighted by Gasteiger charge is -2.18. The van der Waals surface area contributed by atoms with Crippen molar-refractivity contribution in [3.63, 3.8) is 0 Å². The van der Waals surface area contributed by atoms with E-state index in [0.717, 1.165) is 18.7 Å². The number of carbonyl (C=O) groups excluding carboxylic acids is 1. The number of pyridine rings is 1. The van der Waals surface area contributed by atoms with Crippen LogP contribution in [-0.2, 0) is 0 Å². The normalized spacial score (nSPS) is 17.3. The predicted octanol–water partition coefficient (Wildman–Crippen LogP) is 2.42. The van der Waals surface area contributed by atoms with Crippen molar-refractivity contribution in [2.75, 3.05) is 25.5 Å². The maximum atomic E-state index is 12.5. The van der Waals surface area contributed by atoms with Gasteiger partial charge in [0.05, 0.1) is 12.8 Å². The lowest BCUT2D eigenvalue weighted by molar-refractivity contribution is 0.0791. The Labute approximate surface area is 129 Å². The Hall–Kier alpha value is -2.56. The Balaban J connectivity index is 1.63. The van der Waals surface area contributed by atoms with Crippen LogP contribution in [0.15, 0.2) is 48.8 Å². The van der Waals surface area contributed by atoms with Gasteiger partial charge in [-0.3, -0.25) is 9.78 Å². The fourth-order valence-corrected chi connectivity index (χ4v) is 2.69. The van der Waals surface area contributed by atoms with Gasteiger partial charge in [-0.05, 0) is 36.8 Å². The molecule has 1 fully saturated rings. The minimum absolute atomic E-state index is 0.0504. The number of amides is 1. The summed E-state index contributed by atoms with van der Waals surface area (Å²) in [5, 5.41) is 3.42. The van der Waals surface area contributed by atoms with Gasteiger partial charge < -0.3 is 15.0 Å². The molecule has 0 radical (unpaired) electrons. The molecule has 0 aliphatic carbocycles. The smallest absolute Gasteiger partial charge is 0.254 e. The molecule has 5 heteroatoms. The summed E-state index contributed by atoms with van der Waals surface area (Å²) in [4.78, 5) is 18.5. The van der Waals surface area contributed by atoms with Gasteiger partial charge in [-0.25, -0.2) is 0 Å². The van der Waals surface area contributed by atoms with Crippen LogP contribution < -0.4 is 10.1 Å². The van der Waals surface area contributed by atoms with Crippen molar-refractivity contribution in [1.82, 2.24) is 9.88 Å². The molecule has 0 unspecified atom stereocenters. The van der Waals surface area contributed by atoms with E-state index in [4.69, 9.17) is 4.74 Å². The van der Waals surface area contributed by atoms with Crippen molar-refractivity contribution in [1.29, 1.82) is 0 Å². The highest BCUT2D eigenvalue weighted by atomic mass is 16.5. The SMILES string of the molecule is COc1cccc(C(=O)N2CC[C@@H](Nc3cccnc3)C2)c1. The molecule has 1 aliphatic heterocycles. The molecule has 1 N–H and O–H groups in total. The van der Waals surface area contributed by atoms with Crippen LogP contribution in [0.4, 0.5) is 5.69 Å². The number of carbonyl (C=O) groups is 1. The monoisotopic (exact) mass is 297 g/mol. The zero-order chi connectivity index (χ0) is 15.4. The number of aromatic nitrogens is 1. The second-order valence-corrected chi connectivity index (χ2v) is 5.35. The van der Waals surface area contributed by atoms with E-state index in [1.165, 1.54) is 0 Å². The average Bonchev–Trinajstić information content (AvgIpc) is 3.03. The number of hydrogen-bond donors (Lipinski definition) is 1. The summed E-state index contributed by atoms with van der Waals surface area (Å²) in [7, 11) is 1.60. The van der Waals surface area contributed by atoms with Crippen LogP contribution in [0.25, 0.3) is 0 Å². The summed E-state index contributed by atoms with van der Waals surface area (Å²) in [5.74, 6) is 0.754. The van der Waals surface area contributed by atoms with E-state index in [1.54, 1.807) is 25.6 Å². The van der Waals surface area contributed by atoms with E-state index in [2.05, 4.69) is 10.3 Å². The van der Waals surface area contributed by atoms with Crippen LogP contribution in [0.1, 0.15) is 16.8 Å². The molecule has 1 aliphatic rings. The molecule has 0 spiro atoms. The van der Waals surface area contributed by atoms with Gasteiger partial charge in [0.15, 0.2) is 0 Å². The molecule has 114 valence electrons. The molecule has 1 atom stereocenters. The zero-order valence-corrected chi connectivity index (χ0v) is 12.5. The third-order valence-corrected chi connectivity index (χ3v) is 3.82. The van der Waals surface area contributed by atoms with E-state index >= 15 is 0 Å². The molecule has 1 saturated heterocycles. The van der Waals surface area contributed by atoms with Gasteiger partial charge >= 0.3 is 0 Å². The second-order valence-electron chi connectivity index (χ2n) is 5.35. The molecule has 3 rings (SSSR count). The Kier molecular flexibility index (Phi) is 4.23. The van der Waals surface area contributed by atoms with E-state index in [0.29, 0.717) is 17.9 Å². The van der Waals surface area contributed by atoms with Crippen molar-refractivity contribution in [2.24, 2.45) is 0 Å². The molecule has 0 bridgehead atoms. The maximum absolute atomic E-state index is 12.5. The Bertz CT molecular complexity index is 645. The predicted molar refractivity (Wildman–Crippen MR) is 85.2 cm³/mol. The first-order chi connectivity index (χ1) is 10.8. The standard InChI is InChI=1S/C17H19N3O2/c1-22-16-6-2-4-13(10-16)17(21)20-9-7-15(12-20)19-14-5-3-8-18-11-14/h2-6,8,10-11,15,19H,7,9,12H2,1H3/t15-/m1/s1. The fraction of sp³-hybridized carbons (Fsp3) is 0.294. The fourth-order valence-electron chi connectivity index (χ4n) is 2.69. The number of ether oxygens (including phenoxy) is 1. The number of hydrogen-bond acceptors (Lipinski definition) is 4. The quantitative estimate of drug-likeness (QED) is 0.941. The third kappa shape index (κ3) is 3.19. The number of anilines is 1. The van der Waals surface area contributed by atoms with Gasteiger partial charge in [0.2, 0.25) is 0 Å². The summed E-state index contributed by atoms with van der Waals surface area (Å²) in [6.07, 6.45) is 4.48. The third-order valence-electron chi connectivity index (χ3n) is 3.82. The topological polar surface area (TPSA) is 54.5 Å². The molecule has 0 saturated carbocycles. The van der Waals surface area contributed by atoms with E-state index < -0.39 is 0 Å². The first-order valence-corrected chi connectivity index (χ1v) is 7.36. The van der Waals surface area contributed by atoms with Crippen LogP contribution in [0.3, 0.4) is 0 Å². The van der Waals surface area contributed by atoms with Gasteiger partial charge in [-0.15, -0.1) is 0 Å².